The van der Waals surface area contributed by atoms with E-state index in [-0.39, 0.29) is 25.5 Å². The van der Waals surface area contributed by atoms with E-state index >= 15 is 0 Å². The Kier molecular flexibility index (Phi) is 11.2. The number of hydrogen-bond donors (Lipinski definition) is 0. The molecular formula is C51H37IrN3O-2. The van der Waals surface area contributed by atoms with Crippen molar-refractivity contribution in [2.24, 2.45) is 0 Å². The van der Waals surface area contributed by atoms with Gasteiger partial charge in [0, 0.05) is 43.4 Å². The Hall–Kier alpha value is -6.44. The van der Waals surface area contributed by atoms with Crippen LogP contribution in [0, 0.1) is 23.5 Å². The first kappa shape index (κ1) is 37.9. The van der Waals surface area contributed by atoms with Crippen LogP contribution in [0.2, 0.25) is 0 Å². The molecule has 0 aliphatic rings. The van der Waals surface area contributed by atoms with Gasteiger partial charge in [0.2, 0.25) is 0 Å². The quantitative estimate of drug-likeness (QED) is 0.161. The minimum absolute atomic E-state index is 0. The van der Waals surface area contributed by atoms with E-state index in [4.69, 9.17) is 4.42 Å². The average molecular weight is 900 g/mol. The number of furan rings is 1. The molecule has 273 valence electrons. The molecule has 0 spiro atoms. The third-order valence-corrected chi connectivity index (χ3v) is 9.73. The maximum atomic E-state index is 10.1. The summed E-state index contributed by atoms with van der Waals surface area (Å²) >= 11 is 0. The van der Waals surface area contributed by atoms with Crippen molar-refractivity contribution in [1.29, 1.82) is 5.26 Å². The maximum Gasteiger partial charge on any atom is 0.130 e. The summed E-state index contributed by atoms with van der Waals surface area (Å²) in [6.07, 6.45) is 3.72. The van der Waals surface area contributed by atoms with Crippen molar-refractivity contribution in [1.82, 2.24) is 9.97 Å². The number of aromatic nitrogens is 2. The number of benzene rings is 6. The minimum Gasteiger partial charge on any atom is -0.500 e. The van der Waals surface area contributed by atoms with Gasteiger partial charge < -0.3 is 14.4 Å². The predicted molar refractivity (Wildman–Crippen MR) is 224 cm³/mol. The zero-order chi connectivity index (χ0) is 37.8. The second-order valence-corrected chi connectivity index (χ2v) is 14.4. The van der Waals surface area contributed by atoms with E-state index < -0.39 is 0 Å². The molecule has 9 rings (SSSR count). The predicted octanol–water partition coefficient (Wildman–Crippen LogP) is 13.2. The summed E-state index contributed by atoms with van der Waals surface area (Å²) in [6.45, 7) is 6.58. The summed E-state index contributed by atoms with van der Waals surface area (Å²) in [5.74, 6) is 0. The zero-order valence-electron chi connectivity index (χ0n) is 31.2. The fraction of sp³-hybridized carbons (Fsp3) is 0.0784. The Balaban J connectivity index is 0.000000238. The molecule has 0 N–H and O–H groups in total. The van der Waals surface area contributed by atoms with Crippen LogP contribution in [0.5, 0.6) is 0 Å². The van der Waals surface area contributed by atoms with Gasteiger partial charge in [-0.05, 0) is 68.4 Å². The van der Waals surface area contributed by atoms with Gasteiger partial charge in [0.1, 0.15) is 5.58 Å². The second kappa shape index (κ2) is 16.5. The summed E-state index contributed by atoms with van der Waals surface area (Å²) in [5, 5.41) is 12.0. The summed E-state index contributed by atoms with van der Waals surface area (Å²) < 4.78 is 6.55. The molecule has 0 aliphatic carbocycles. The van der Waals surface area contributed by atoms with Crippen molar-refractivity contribution in [3.63, 3.8) is 0 Å². The van der Waals surface area contributed by atoms with Gasteiger partial charge in [-0.25, -0.2) is 0 Å². The Morgan fingerprint density at radius 1 is 0.571 bits per heavy atom. The van der Waals surface area contributed by atoms with Gasteiger partial charge in [-0.1, -0.05) is 135 Å². The van der Waals surface area contributed by atoms with Gasteiger partial charge in [-0.3, -0.25) is 0 Å². The first-order chi connectivity index (χ1) is 26.9. The molecule has 0 aliphatic heterocycles. The van der Waals surface area contributed by atoms with Crippen LogP contribution in [0.4, 0.5) is 0 Å². The summed E-state index contributed by atoms with van der Waals surface area (Å²) in [4.78, 5) is 8.99. The van der Waals surface area contributed by atoms with Crippen molar-refractivity contribution in [3.05, 3.63) is 193 Å². The monoisotopic (exact) mass is 900 g/mol. The molecule has 0 unspecified atom stereocenters. The fourth-order valence-electron chi connectivity index (χ4n) is 6.78. The number of hydrogen-bond acceptors (Lipinski definition) is 4. The smallest absolute Gasteiger partial charge is 0.130 e. The first-order valence-electron chi connectivity index (χ1n) is 18.3. The number of rotatable bonds is 5. The third kappa shape index (κ3) is 7.86. The van der Waals surface area contributed by atoms with Crippen LogP contribution in [-0.2, 0) is 25.5 Å². The van der Waals surface area contributed by atoms with Crippen molar-refractivity contribution >= 4 is 21.9 Å². The molecule has 0 saturated heterocycles. The summed E-state index contributed by atoms with van der Waals surface area (Å²) in [6, 6.07) is 61.8. The number of nitriles is 1. The van der Waals surface area contributed by atoms with Crippen molar-refractivity contribution < 1.29 is 24.5 Å². The third-order valence-electron chi connectivity index (χ3n) is 9.73. The molecule has 3 aromatic heterocycles. The topological polar surface area (TPSA) is 62.7 Å². The van der Waals surface area contributed by atoms with Gasteiger partial charge in [-0.2, -0.15) is 5.26 Å². The largest absolute Gasteiger partial charge is 0.500 e. The molecule has 0 saturated carbocycles. The molecule has 3 heterocycles. The summed E-state index contributed by atoms with van der Waals surface area (Å²) in [7, 11) is 0. The molecule has 0 bridgehead atoms. The van der Waals surface area contributed by atoms with Gasteiger partial charge in [-0.15, -0.1) is 54.1 Å². The van der Waals surface area contributed by atoms with Crippen LogP contribution in [0.1, 0.15) is 31.9 Å². The molecule has 0 amide bonds. The second-order valence-electron chi connectivity index (χ2n) is 14.4. The van der Waals surface area contributed by atoms with E-state index in [0.29, 0.717) is 11.1 Å². The Bertz CT molecular complexity index is 2760. The molecule has 56 heavy (non-hydrogen) atoms. The molecular weight excluding hydrogens is 863 g/mol. The van der Waals surface area contributed by atoms with E-state index in [1.54, 1.807) is 6.20 Å². The Labute approximate surface area is 341 Å². The SMILES string of the molecule is CC(C)(C)c1ccc(-c2[c-]cccc2)nc1.N#Cc1ccc2c(oc3c(-c4ccccn4)[c-]ccc32)c1-c1cccc(-c2ccc(-c3ccccc3)cc2)c1.[Ir]. The van der Waals surface area contributed by atoms with Crippen LogP contribution in [0.15, 0.2) is 175 Å². The molecule has 9 aromatic rings. The van der Waals surface area contributed by atoms with E-state index in [2.05, 4.69) is 122 Å². The molecule has 1 radical (unpaired) electrons. The fourth-order valence-corrected chi connectivity index (χ4v) is 6.78. The van der Waals surface area contributed by atoms with Crippen molar-refractivity contribution in [2.75, 3.05) is 0 Å². The first-order valence-corrected chi connectivity index (χ1v) is 18.3. The Morgan fingerprint density at radius 2 is 1.27 bits per heavy atom. The normalized spacial score (nSPS) is 11.0. The Morgan fingerprint density at radius 3 is 1.95 bits per heavy atom. The minimum atomic E-state index is 0. The van der Waals surface area contributed by atoms with E-state index in [9.17, 15) is 5.26 Å². The molecule has 6 aromatic carbocycles. The number of nitrogens with zero attached hydrogens (tertiary/aromatic N) is 3. The molecule has 0 fully saturated rings. The summed E-state index contributed by atoms with van der Waals surface area (Å²) in [5.41, 5.74) is 13.3. The maximum absolute atomic E-state index is 10.1. The van der Waals surface area contributed by atoms with Crippen LogP contribution in [0.25, 0.3) is 77.8 Å². The van der Waals surface area contributed by atoms with E-state index in [1.165, 1.54) is 16.7 Å². The van der Waals surface area contributed by atoms with Gasteiger partial charge in [0.05, 0.1) is 17.2 Å². The van der Waals surface area contributed by atoms with E-state index in [0.717, 1.165) is 61.1 Å². The number of fused-ring (bicyclic) bond motifs is 3. The molecule has 4 nitrogen and oxygen atoms in total. The van der Waals surface area contributed by atoms with Crippen molar-refractivity contribution in [2.45, 2.75) is 26.2 Å². The standard InChI is InChI=1S/C36H21N2O.C15H16N.Ir/c37-23-29-19-20-31-30-12-7-13-32(33-14-4-5-21-38-33)35(30)39-36(31)34(29)28-11-6-10-27(22-28)26-17-15-25(16-18-26)24-8-2-1-3-9-24;1-15(2,3)13-9-10-14(16-11-13)12-7-5-4-6-8-12;/h1-12,14-22H;4-7,9-11H,1-3H3;/q2*-1;. The van der Waals surface area contributed by atoms with Crippen LogP contribution in [-0.4, -0.2) is 9.97 Å². The van der Waals surface area contributed by atoms with Gasteiger partial charge >= 0.3 is 0 Å². The van der Waals surface area contributed by atoms with Gasteiger partial charge in [0.15, 0.2) is 0 Å². The van der Waals surface area contributed by atoms with Crippen LogP contribution < -0.4 is 0 Å². The van der Waals surface area contributed by atoms with Crippen molar-refractivity contribution in [3.8, 4) is 62.0 Å². The van der Waals surface area contributed by atoms with Crippen LogP contribution in [0.3, 0.4) is 0 Å². The molecule has 0 atom stereocenters. The number of pyridine rings is 2. The molecule has 5 heteroatoms. The zero-order valence-corrected chi connectivity index (χ0v) is 33.6. The van der Waals surface area contributed by atoms with Crippen LogP contribution >= 0.6 is 0 Å². The van der Waals surface area contributed by atoms with E-state index in [1.807, 2.05) is 91.1 Å². The van der Waals surface area contributed by atoms with Gasteiger partial charge in [0.25, 0.3) is 0 Å². The average Bonchev–Trinajstić information content (AvgIpc) is 3.63.